The van der Waals surface area contributed by atoms with E-state index in [9.17, 15) is 5.11 Å². The van der Waals surface area contributed by atoms with Gasteiger partial charge in [0.25, 0.3) is 0 Å². The van der Waals surface area contributed by atoms with Gasteiger partial charge < -0.3 is 20.5 Å². The highest BCUT2D eigenvalue weighted by Crippen LogP contribution is 2.42. The van der Waals surface area contributed by atoms with E-state index in [1.54, 1.807) is 0 Å². The number of likely N-dealkylation sites (tertiary alicyclic amines) is 1. The lowest BCUT2D eigenvalue weighted by molar-refractivity contribution is 0.0286. The Kier molecular flexibility index (Phi) is 5.16. The Morgan fingerprint density at radius 3 is 2.62 bits per heavy atom. The van der Waals surface area contributed by atoms with E-state index in [4.69, 9.17) is 10.5 Å². The number of rotatable bonds is 5. The average molecular weight is 333 g/mol. The summed E-state index contributed by atoms with van der Waals surface area (Å²) in [6, 6.07) is 6.45. The van der Waals surface area contributed by atoms with Crippen molar-refractivity contribution >= 4 is 0 Å². The third kappa shape index (κ3) is 3.31. The number of fused-ring (bicyclic) bond motifs is 1. The summed E-state index contributed by atoms with van der Waals surface area (Å²) in [7, 11) is 2.16. The monoisotopic (exact) mass is 333 g/mol. The molecule has 1 aromatic carbocycles. The molecule has 1 fully saturated rings. The van der Waals surface area contributed by atoms with Crippen LogP contribution in [0.3, 0.4) is 0 Å². The number of hydrogen-bond donors (Lipinski definition) is 2. The van der Waals surface area contributed by atoms with Crippen LogP contribution in [0, 0.1) is 0 Å². The molecule has 0 aliphatic carbocycles. The SMILES string of the molecule is CN1CCC(Oc2cccc3c2CN(C(C)(C)CO)C3CN)CC1. The molecule has 1 atom stereocenters. The maximum atomic E-state index is 9.78. The fraction of sp³-hybridized carbons (Fsp3) is 0.684. The minimum absolute atomic E-state index is 0.114. The first kappa shape index (κ1) is 17.7. The summed E-state index contributed by atoms with van der Waals surface area (Å²) in [6.45, 7) is 7.77. The van der Waals surface area contributed by atoms with E-state index in [0.717, 1.165) is 38.2 Å². The molecule has 2 aliphatic heterocycles. The fourth-order valence-corrected chi connectivity index (χ4v) is 3.89. The normalized spacial score (nSPS) is 23.5. The van der Waals surface area contributed by atoms with E-state index in [1.807, 2.05) is 0 Å². The predicted molar refractivity (Wildman–Crippen MR) is 96.1 cm³/mol. The van der Waals surface area contributed by atoms with Crippen LogP contribution in [0.25, 0.3) is 0 Å². The van der Waals surface area contributed by atoms with Crippen LogP contribution in [0.2, 0.25) is 0 Å². The van der Waals surface area contributed by atoms with E-state index < -0.39 is 0 Å². The van der Waals surface area contributed by atoms with E-state index in [1.165, 1.54) is 11.1 Å². The average Bonchev–Trinajstić information content (AvgIpc) is 2.97. The second-order valence-corrected chi connectivity index (χ2v) is 7.79. The predicted octanol–water partition coefficient (Wildman–Crippen LogP) is 1.75. The van der Waals surface area contributed by atoms with Crippen molar-refractivity contribution in [2.45, 2.75) is 50.9 Å². The van der Waals surface area contributed by atoms with Gasteiger partial charge in [-0.05, 0) is 45.4 Å². The van der Waals surface area contributed by atoms with Gasteiger partial charge in [-0.2, -0.15) is 0 Å². The van der Waals surface area contributed by atoms with Crippen LogP contribution < -0.4 is 10.5 Å². The number of hydrogen-bond acceptors (Lipinski definition) is 5. The lowest BCUT2D eigenvalue weighted by Gasteiger charge is -2.38. The maximum Gasteiger partial charge on any atom is 0.124 e. The third-order valence-corrected chi connectivity index (χ3v) is 5.58. The maximum absolute atomic E-state index is 9.78. The van der Waals surface area contributed by atoms with Crippen LogP contribution in [0.1, 0.15) is 43.9 Å². The van der Waals surface area contributed by atoms with Crippen LogP contribution >= 0.6 is 0 Å². The van der Waals surface area contributed by atoms with E-state index in [0.29, 0.717) is 12.6 Å². The van der Waals surface area contributed by atoms with Crippen molar-refractivity contribution in [3.63, 3.8) is 0 Å². The van der Waals surface area contributed by atoms with Crippen LogP contribution in [0.4, 0.5) is 0 Å². The molecule has 0 amide bonds. The number of ether oxygens (including phenoxy) is 1. The van der Waals surface area contributed by atoms with Gasteiger partial charge in [-0.3, -0.25) is 4.90 Å². The summed E-state index contributed by atoms with van der Waals surface area (Å²) in [4.78, 5) is 4.66. The Morgan fingerprint density at radius 2 is 2.00 bits per heavy atom. The highest BCUT2D eigenvalue weighted by atomic mass is 16.5. The number of nitrogens with two attached hydrogens (primary N) is 1. The quantitative estimate of drug-likeness (QED) is 0.859. The van der Waals surface area contributed by atoms with Gasteiger partial charge in [-0.15, -0.1) is 0 Å². The van der Waals surface area contributed by atoms with Crippen molar-refractivity contribution in [1.82, 2.24) is 9.80 Å². The smallest absolute Gasteiger partial charge is 0.124 e. The molecule has 2 heterocycles. The Hall–Kier alpha value is -1.14. The first-order valence-corrected chi connectivity index (χ1v) is 9.01. The van der Waals surface area contributed by atoms with Crippen LogP contribution in [-0.2, 0) is 6.54 Å². The Morgan fingerprint density at radius 1 is 1.29 bits per heavy atom. The molecule has 0 aromatic heterocycles. The molecule has 2 aliphatic rings. The van der Waals surface area contributed by atoms with Gasteiger partial charge in [-0.1, -0.05) is 12.1 Å². The molecular weight excluding hydrogens is 302 g/mol. The van der Waals surface area contributed by atoms with Crippen LogP contribution in [-0.4, -0.2) is 59.8 Å². The molecule has 1 unspecified atom stereocenters. The third-order valence-electron chi connectivity index (χ3n) is 5.58. The van der Waals surface area contributed by atoms with Crippen molar-refractivity contribution in [1.29, 1.82) is 0 Å². The summed E-state index contributed by atoms with van der Waals surface area (Å²) in [5, 5.41) is 9.78. The van der Waals surface area contributed by atoms with Gasteiger partial charge in [0.1, 0.15) is 11.9 Å². The van der Waals surface area contributed by atoms with E-state index in [-0.39, 0.29) is 18.2 Å². The highest BCUT2D eigenvalue weighted by Gasteiger charge is 2.39. The topological polar surface area (TPSA) is 62.0 Å². The molecule has 5 heteroatoms. The number of piperidine rings is 1. The molecule has 0 bridgehead atoms. The first-order valence-electron chi connectivity index (χ1n) is 9.01. The number of benzene rings is 1. The molecule has 3 N–H and O–H groups in total. The van der Waals surface area contributed by atoms with Gasteiger partial charge >= 0.3 is 0 Å². The minimum atomic E-state index is -0.298. The molecule has 134 valence electrons. The molecule has 0 saturated carbocycles. The van der Waals surface area contributed by atoms with Gasteiger partial charge in [0.15, 0.2) is 0 Å². The molecule has 1 aromatic rings. The van der Waals surface area contributed by atoms with Gasteiger partial charge in [0.2, 0.25) is 0 Å². The van der Waals surface area contributed by atoms with Gasteiger partial charge in [-0.25, -0.2) is 0 Å². The molecule has 5 nitrogen and oxygen atoms in total. The zero-order valence-corrected chi connectivity index (χ0v) is 15.2. The summed E-state index contributed by atoms with van der Waals surface area (Å²) in [5.41, 5.74) is 8.27. The van der Waals surface area contributed by atoms with Crippen LogP contribution in [0.15, 0.2) is 18.2 Å². The molecule has 3 rings (SSSR count). The minimum Gasteiger partial charge on any atom is -0.490 e. The lowest BCUT2D eigenvalue weighted by Crippen LogP contribution is -2.47. The number of nitrogens with zero attached hydrogens (tertiary/aromatic N) is 2. The molecular formula is C19H31N3O2. The first-order chi connectivity index (χ1) is 11.5. The summed E-state index contributed by atoms with van der Waals surface area (Å²) in [6.07, 6.45) is 2.45. The Bertz CT molecular complexity index is 568. The zero-order valence-electron chi connectivity index (χ0n) is 15.2. The van der Waals surface area contributed by atoms with Crippen molar-refractivity contribution in [2.75, 3.05) is 33.3 Å². The summed E-state index contributed by atoms with van der Waals surface area (Å²) < 4.78 is 6.38. The largest absolute Gasteiger partial charge is 0.490 e. The number of aliphatic hydroxyl groups excluding tert-OH is 1. The van der Waals surface area contributed by atoms with E-state index in [2.05, 4.69) is 48.9 Å². The number of aliphatic hydroxyl groups is 1. The molecule has 1 saturated heterocycles. The van der Waals surface area contributed by atoms with Gasteiger partial charge in [0.05, 0.1) is 6.61 Å². The van der Waals surface area contributed by atoms with E-state index >= 15 is 0 Å². The standard InChI is InChI=1S/C19H31N3O2/c1-19(2,13-23)22-12-16-15(17(22)11-20)5-4-6-18(16)24-14-7-9-21(3)10-8-14/h4-6,14,17,23H,7-13,20H2,1-3H3. The zero-order chi connectivity index (χ0) is 17.3. The lowest BCUT2D eigenvalue weighted by atomic mass is 10.0. The van der Waals surface area contributed by atoms with Gasteiger partial charge in [0, 0.05) is 43.3 Å². The van der Waals surface area contributed by atoms with Crippen molar-refractivity contribution in [3.05, 3.63) is 29.3 Å². The van der Waals surface area contributed by atoms with Crippen molar-refractivity contribution in [2.24, 2.45) is 5.73 Å². The van der Waals surface area contributed by atoms with Crippen LogP contribution in [0.5, 0.6) is 5.75 Å². The summed E-state index contributed by atoms with van der Waals surface area (Å²) >= 11 is 0. The second-order valence-electron chi connectivity index (χ2n) is 7.79. The van der Waals surface area contributed by atoms with Crippen molar-refractivity contribution < 1.29 is 9.84 Å². The molecule has 0 spiro atoms. The Balaban J connectivity index is 1.83. The summed E-state index contributed by atoms with van der Waals surface area (Å²) in [5.74, 6) is 0.997. The molecule has 0 radical (unpaired) electrons. The van der Waals surface area contributed by atoms with Crippen molar-refractivity contribution in [3.8, 4) is 5.75 Å². The highest BCUT2D eigenvalue weighted by molar-refractivity contribution is 5.45. The Labute approximate surface area is 145 Å². The molecule has 24 heavy (non-hydrogen) atoms. The fourth-order valence-electron chi connectivity index (χ4n) is 3.89. The second kappa shape index (κ2) is 7.00.